The number of thiophene rings is 1. The lowest BCUT2D eigenvalue weighted by atomic mass is 10.1. The van der Waals surface area contributed by atoms with Crippen molar-refractivity contribution in [2.45, 2.75) is 4.90 Å². The Balaban J connectivity index is 1.98. The lowest BCUT2D eigenvalue weighted by Crippen LogP contribution is -2.13. The molecule has 7 nitrogen and oxygen atoms in total. The number of sulfonamides is 1. The van der Waals surface area contributed by atoms with Gasteiger partial charge in [0.25, 0.3) is 10.0 Å². The van der Waals surface area contributed by atoms with Crippen LogP contribution in [0.3, 0.4) is 0 Å². The molecule has 0 bridgehead atoms. The average molecular weight is 435 g/mol. The molecule has 0 fully saturated rings. The number of hydrogen-bond acceptors (Lipinski definition) is 6. The van der Waals surface area contributed by atoms with Crippen LogP contribution >= 0.6 is 22.9 Å². The van der Waals surface area contributed by atoms with Crippen molar-refractivity contribution in [1.29, 1.82) is 5.26 Å². The maximum atomic E-state index is 12.6. The molecular weight excluding hydrogens is 424 g/mol. The molecule has 2 aromatic carbocycles. The molecule has 1 heterocycles. The first-order valence-electron chi connectivity index (χ1n) is 7.62. The van der Waals surface area contributed by atoms with Crippen LogP contribution in [-0.4, -0.2) is 19.7 Å². The van der Waals surface area contributed by atoms with E-state index in [1.165, 1.54) is 30.3 Å². The van der Waals surface area contributed by atoms with Crippen molar-refractivity contribution in [1.82, 2.24) is 0 Å². The van der Waals surface area contributed by atoms with Crippen LogP contribution in [-0.2, 0) is 10.0 Å². The molecule has 0 aliphatic rings. The van der Waals surface area contributed by atoms with Gasteiger partial charge in [-0.15, -0.1) is 0 Å². The Hall–Kier alpha value is -3.06. The molecule has 0 unspecified atom stereocenters. The molecule has 0 saturated carbocycles. The summed E-state index contributed by atoms with van der Waals surface area (Å²) in [6.45, 7) is 0. The molecule has 10 heteroatoms. The third-order valence-electron chi connectivity index (χ3n) is 3.54. The number of hydrogen-bond donors (Lipinski definition) is 2. The highest BCUT2D eigenvalue weighted by atomic mass is 35.5. The van der Waals surface area contributed by atoms with Gasteiger partial charge in [0.05, 0.1) is 16.5 Å². The summed E-state index contributed by atoms with van der Waals surface area (Å²) in [6, 6.07) is 15.5. The number of nitrogens with zero attached hydrogens (tertiary/aromatic N) is 1. The van der Waals surface area contributed by atoms with Crippen LogP contribution in [0.2, 0.25) is 5.02 Å². The lowest BCUT2D eigenvalue weighted by Gasteiger charge is -2.08. The maximum Gasteiger partial charge on any atom is 0.512 e. The molecule has 0 aliphatic heterocycles. The highest BCUT2D eigenvalue weighted by Gasteiger charge is 2.21. The second-order valence-corrected chi connectivity index (χ2v) is 8.56. The van der Waals surface area contributed by atoms with Crippen LogP contribution in [0.4, 0.5) is 10.5 Å². The van der Waals surface area contributed by atoms with Crippen molar-refractivity contribution in [3.05, 3.63) is 65.2 Å². The van der Waals surface area contributed by atoms with Crippen LogP contribution in [0.5, 0.6) is 5.06 Å². The number of nitrogens with one attached hydrogen (secondary N) is 1. The maximum absolute atomic E-state index is 12.6. The van der Waals surface area contributed by atoms with E-state index in [-0.39, 0.29) is 15.6 Å². The molecule has 0 spiro atoms. The Labute approximate surface area is 169 Å². The van der Waals surface area contributed by atoms with Gasteiger partial charge < -0.3 is 9.84 Å². The number of benzene rings is 2. The van der Waals surface area contributed by atoms with Gasteiger partial charge in [-0.05, 0) is 48.0 Å². The van der Waals surface area contributed by atoms with Crippen LogP contribution in [0.25, 0.3) is 10.4 Å². The summed E-state index contributed by atoms with van der Waals surface area (Å²) in [5.41, 5.74) is 1.13. The third kappa shape index (κ3) is 4.43. The number of carbonyl (C=O) groups is 1. The molecule has 2 N–H and O–H groups in total. The number of nitriles is 1. The van der Waals surface area contributed by atoms with Gasteiger partial charge >= 0.3 is 6.16 Å². The minimum atomic E-state index is -3.99. The van der Waals surface area contributed by atoms with E-state index in [4.69, 9.17) is 26.7 Å². The first kappa shape index (κ1) is 19.7. The van der Waals surface area contributed by atoms with Gasteiger partial charge in [0.15, 0.2) is 0 Å². The second-order valence-electron chi connectivity index (χ2n) is 5.43. The molecule has 3 aromatic rings. The van der Waals surface area contributed by atoms with E-state index >= 15 is 0 Å². The van der Waals surface area contributed by atoms with Gasteiger partial charge in [0.1, 0.15) is 5.69 Å². The first-order chi connectivity index (χ1) is 13.3. The third-order valence-corrected chi connectivity index (χ3v) is 6.24. The zero-order chi connectivity index (χ0) is 20.3. The topological polar surface area (TPSA) is 116 Å². The van der Waals surface area contributed by atoms with Gasteiger partial charge in [-0.2, -0.15) is 5.26 Å². The van der Waals surface area contributed by atoms with Gasteiger partial charge in [-0.1, -0.05) is 35.1 Å². The SMILES string of the molecule is N#Cc1ccc(-c2cc(NS(=O)(=O)c3ccc(Cl)cc3)c(OC(=O)O)s2)cc1. The van der Waals surface area contributed by atoms with Crippen molar-refractivity contribution < 1.29 is 23.1 Å². The van der Waals surface area contributed by atoms with E-state index in [9.17, 15) is 13.2 Å². The summed E-state index contributed by atoms with van der Waals surface area (Å²) in [6.07, 6.45) is -1.57. The predicted octanol–water partition coefficient (Wildman–Crippen LogP) is 4.80. The summed E-state index contributed by atoms with van der Waals surface area (Å²) >= 11 is 6.74. The molecular formula is C18H11ClN2O5S2. The van der Waals surface area contributed by atoms with Crippen LogP contribution in [0, 0.1) is 11.3 Å². The Morgan fingerprint density at radius 2 is 1.79 bits per heavy atom. The molecule has 28 heavy (non-hydrogen) atoms. The van der Waals surface area contributed by atoms with E-state index in [1.54, 1.807) is 24.3 Å². The minimum absolute atomic E-state index is 0.0123. The number of anilines is 1. The summed E-state index contributed by atoms with van der Waals surface area (Å²) in [5.74, 6) is 0. The second kappa shape index (κ2) is 7.90. The van der Waals surface area contributed by atoms with E-state index in [2.05, 4.69) is 4.72 Å². The van der Waals surface area contributed by atoms with E-state index in [1.807, 2.05) is 6.07 Å². The summed E-state index contributed by atoms with van der Waals surface area (Å²) in [4.78, 5) is 11.5. The van der Waals surface area contributed by atoms with E-state index in [0.717, 1.165) is 11.3 Å². The van der Waals surface area contributed by atoms with Gasteiger partial charge in [-0.25, -0.2) is 13.2 Å². The quantitative estimate of drug-likeness (QED) is 0.557. The number of ether oxygens (including phenoxy) is 1. The fourth-order valence-electron chi connectivity index (χ4n) is 2.27. The molecule has 0 aliphatic carbocycles. The monoisotopic (exact) mass is 434 g/mol. The zero-order valence-electron chi connectivity index (χ0n) is 13.9. The number of halogens is 1. The van der Waals surface area contributed by atoms with Crippen LogP contribution in [0.1, 0.15) is 5.56 Å². The van der Waals surface area contributed by atoms with E-state index < -0.39 is 16.2 Å². The van der Waals surface area contributed by atoms with Crippen molar-refractivity contribution in [2.75, 3.05) is 4.72 Å². The number of rotatable bonds is 5. The van der Waals surface area contributed by atoms with Gasteiger partial charge in [0, 0.05) is 9.90 Å². The van der Waals surface area contributed by atoms with Crippen molar-refractivity contribution in [3.8, 4) is 21.6 Å². The Morgan fingerprint density at radius 1 is 1.14 bits per heavy atom. The normalized spacial score (nSPS) is 10.9. The highest BCUT2D eigenvalue weighted by molar-refractivity contribution is 7.92. The zero-order valence-corrected chi connectivity index (χ0v) is 16.3. The molecule has 3 rings (SSSR count). The van der Waals surface area contributed by atoms with Gasteiger partial charge in [-0.3, -0.25) is 4.72 Å². The fraction of sp³-hybridized carbons (Fsp3) is 0. The fourth-order valence-corrected chi connectivity index (χ4v) is 4.48. The molecule has 0 atom stereocenters. The Morgan fingerprint density at radius 3 is 2.36 bits per heavy atom. The Kier molecular flexibility index (Phi) is 5.56. The average Bonchev–Trinajstić information content (AvgIpc) is 3.03. The largest absolute Gasteiger partial charge is 0.512 e. The van der Waals surface area contributed by atoms with Crippen molar-refractivity contribution >= 4 is 44.8 Å². The van der Waals surface area contributed by atoms with Gasteiger partial charge in [0.2, 0.25) is 5.06 Å². The molecule has 0 amide bonds. The highest BCUT2D eigenvalue weighted by Crippen LogP contribution is 2.42. The standard InChI is InChI=1S/C18H11ClN2O5S2/c19-13-5-7-14(8-6-13)28(24,25)21-15-9-16(27-17(15)26-18(22)23)12-3-1-11(10-20)2-4-12/h1-9,21H,(H,22,23). The molecule has 1 aromatic heterocycles. The summed E-state index contributed by atoms with van der Waals surface area (Å²) in [5, 5.41) is 18.1. The molecule has 0 saturated heterocycles. The van der Waals surface area contributed by atoms with E-state index in [0.29, 0.717) is 21.0 Å². The first-order valence-corrected chi connectivity index (χ1v) is 10.3. The minimum Gasteiger partial charge on any atom is -0.449 e. The smallest absolute Gasteiger partial charge is 0.449 e. The predicted molar refractivity (Wildman–Crippen MR) is 105 cm³/mol. The summed E-state index contributed by atoms with van der Waals surface area (Å²) in [7, 11) is -3.99. The lowest BCUT2D eigenvalue weighted by molar-refractivity contribution is 0.146. The van der Waals surface area contributed by atoms with Crippen LogP contribution < -0.4 is 9.46 Å². The Bertz CT molecular complexity index is 1160. The molecule has 0 radical (unpaired) electrons. The van der Waals surface area contributed by atoms with Crippen molar-refractivity contribution in [3.63, 3.8) is 0 Å². The number of carboxylic acid groups (broad SMARTS) is 1. The van der Waals surface area contributed by atoms with Crippen LogP contribution in [0.15, 0.2) is 59.5 Å². The molecule has 142 valence electrons. The summed E-state index contributed by atoms with van der Waals surface area (Å²) < 4.78 is 32.3. The van der Waals surface area contributed by atoms with Crippen molar-refractivity contribution in [2.24, 2.45) is 0 Å².